The number of pyridine rings is 1. The van der Waals surface area contributed by atoms with Crippen LogP contribution >= 0.6 is 11.8 Å². The molecule has 1 aromatic heterocycles. The minimum absolute atomic E-state index is 0.0134. The van der Waals surface area contributed by atoms with E-state index in [4.69, 9.17) is 5.73 Å². The van der Waals surface area contributed by atoms with Crippen LogP contribution < -0.4 is 10.6 Å². The van der Waals surface area contributed by atoms with Gasteiger partial charge in [-0.1, -0.05) is 25.6 Å². The number of amides is 3. The van der Waals surface area contributed by atoms with Gasteiger partial charge in [0.25, 0.3) is 0 Å². The minimum atomic E-state index is -0.662. The molecule has 1 aliphatic rings. The number of anilines is 1. The van der Waals surface area contributed by atoms with E-state index in [0.717, 1.165) is 22.4 Å². The van der Waals surface area contributed by atoms with Gasteiger partial charge in [-0.25, -0.2) is 9.88 Å². The summed E-state index contributed by atoms with van der Waals surface area (Å²) in [5.74, 6) is -1.12. The molecule has 2 N–H and O–H groups in total. The Bertz CT molecular complexity index is 996. The van der Waals surface area contributed by atoms with E-state index in [1.165, 1.54) is 24.3 Å². The van der Waals surface area contributed by atoms with Crippen molar-refractivity contribution in [1.29, 1.82) is 5.26 Å². The molecule has 1 aromatic carbocycles. The lowest BCUT2D eigenvalue weighted by molar-refractivity contribution is -0.121. The number of hydrogen-bond donors (Lipinski definition) is 1. The molecule has 7 nitrogen and oxygen atoms in total. The fourth-order valence-electron chi connectivity index (χ4n) is 2.83. The first-order chi connectivity index (χ1) is 13.3. The largest absolute Gasteiger partial charge is 0.366 e. The zero-order valence-electron chi connectivity index (χ0n) is 15.4. The molecule has 1 aliphatic heterocycles. The van der Waals surface area contributed by atoms with E-state index < -0.39 is 11.2 Å². The normalized spacial score (nSPS) is 16.5. The maximum Gasteiger partial charge on any atom is 0.248 e. The highest BCUT2D eigenvalue weighted by molar-refractivity contribution is 8.00. The highest BCUT2D eigenvalue weighted by Gasteiger charge is 2.40. The van der Waals surface area contributed by atoms with Crippen molar-refractivity contribution >= 4 is 35.2 Å². The second-order valence-electron chi connectivity index (χ2n) is 6.64. The number of benzene rings is 1. The van der Waals surface area contributed by atoms with Gasteiger partial charge in [0.05, 0.1) is 16.5 Å². The van der Waals surface area contributed by atoms with E-state index in [0.29, 0.717) is 21.8 Å². The summed E-state index contributed by atoms with van der Waals surface area (Å²) in [7, 11) is 0. The molecular weight excluding hydrogens is 376 g/mol. The second-order valence-corrected chi connectivity index (χ2v) is 7.84. The monoisotopic (exact) mass is 394 g/mol. The predicted octanol–water partition coefficient (Wildman–Crippen LogP) is 2.60. The highest BCUT2D eigenvalue weighted by atomic mass is 32.2. The number of nitrogens with two attached hydrogens (primary N) is 1. The van der Waals surface area contributed by atoms with Crippen molar-refractivity contribution < 1.29 is 14.4 Å². The predicted molar refractivity (Wildman–Crippen MR) is 105 cm³/mol. The fraction of sp³-hybridized carbons (Fsp3) is 0.250. The fourth-order valence-corrected chi connectivity index (χ4v) is 3.93. The van der Waals surface area contributed by atoms with Gasteiger partial charge in [0.2, 0.25) is 17.7 Å². The van der Waals surface area contributed by atoms with Crippen LogP contribution in [0.1, 0.15) is 47.8 Å². The number of nitriles is 1. The topological polar surface area (TPSA) is 117 Å². The van der Waals surface area contributed by atoms with E-state index >= 15 is 0 Å². The van der Waals surface area contributed by atoms with Crippen LogP contribution in [0.15, 0.2) is 41.4 Å². The lowest BCUT2D eigenvalue weighted by atomic mass is 10.1. The Labute approximate surface area is 166 Å². The molecular formula is C20H18N4O3S. The van der Waals surface area contributed by atoms with Crippen LogP contribution in [0.4, 0.5) is 5.69 Å². The third-order valence-electron chi connectivity index (χ3n) is 4.36. The maximum absolute atomic E-state index is 12.8. The van der Waals surface area contributed by atoms with E-state index in [1.807, 2.05) is 13.8 Å². The summed E-state index contributed by atoms with van der Waals surface area (Å²) in [5, 5.41) is 9.13. The van der Waals surface area contributed by atoms with Gasteiger partial charge in [-0.05, 0) is 42.3 Å². The van der Waals surface area contributed by atoms with E-state index in [2.05, 4.69) is 11.1 Å². The number of imide groups is 1. The summed E-state index contributed by atoms with van der Waals surface area (Å²) in [6, 6.07) is 11.5. The number of hydrogen-bond acceptors (Lipinski definition) is 6. The molecule has 1 saturated heterocycles. The van der Waals surface area contributed by atoms with Crippen LogP contribution in [0.3, 0.4) is 0 Å². The average molecular weight is 394 g/mol. The van der Waals surface area contributed by atoms with Crippen molar-refractivity contribution in [3.8, 4) is 6.07 Å². The first-order valence-corrected chi connectivity index (χ1v) is 9.54. The number of thioether (sulfide) groups is 1. The molecule has 2 heterocycles. The smallest absolute Gasteiger partial charge is 0.248 e. The molecule has 0 saturated carbocycles. The number of primary amides is 1. The van der Waals surface area contributed by atoms with Crippen LogP contribution in [0.5, 0.6) is 0 Å². The summed E-state index contributed by atoms with van der Waals surface area (Å²) in [5.41, 5.74) is 7.08. The van der Waals surface area contributed by atoms with Crippen molar-refractivity contribution in [2.24, 2.45) is 5.73 Å². The molecule has 142 valence electrons. The molecule has 1 atom stereocenters. The van der Waals surface area contributed by atoms with Crippen molar-refractivity contribution in [3.63, 3.8) is 0 Å². The van der Waals surface area contributed by atoms with Gasteiger partial charge >= 0.3 is 0 Å². The number of rotatable bonds is 5. The second kappa shape index (κ2) is 7.82. The van der Waals surface area contributed by atoms with E-state index in [-0.39, 0.29) is 24.2 Å². The third kappa shape index (κ3) is 3.75. The van der Waals surface area contributed by atoms with Crippen molar-refractivity contribution in [3.05, 3.63) is 53.2 Å². The quantitative estimate of drug-likeness (QED) is 0.779. The Hall–Kier alpha value is -3.18. The lowest BCUT2D eigenvalue weighted by Crippen LogP contribution is -2.31. The van der Waals surface area contributed by atoms with Crippen molar-refractivity contribution in [2.45, 2.75) is 36.5 Å². The zero-order chi connectivity index (χ0) is 20.4. The Morgan fingerprint density at radius 1 is 1.25 bits per heavy atom. The molecule has 3 rings (SSSR count). The van der Waals surface area contributed by atoms with E-state index in [9.17, 15) is 19.6 Å². The van der Waals surface area contributed by atoms with Gasteiger partial charge in [0, 0.05) is 17.7 Å². The molecule has 8 heteroatoms. The zero-order valence-corrected chi connectivity index (χ0v) is 16.2. The van der Waals surface area contributed by atoms with Gasteiger partial charge in [-0.15, -0.1) is 0 Å². The van der Waals surface area contributed by atoms with Gasteiger partial charge in [-0.3, -0.25) is 14.4 Å². The Kier molecular flexibility index (Phi) is 5.47. The minimum Gasteiger partial charge on any atom is -0.366 e. The summed E-state index contributed by atoms with van der Waals surface area (Å²) in [4.78, 5) is 42.1. The molecule has 1 fully saturated rings. The van der Waals surface area contributed by atoms with Gasteiger partial charge < -0.3 is 5.73 Å². The molecule has 0 spiro atoms. The van der Waals surface area contributed by atoms with Crippen LogP contribution in [-0.2, 0) is 9.59 Å². The lowest BCUT2D eigenvalue weighted by Gasteiger charge is -2.15. The number of carbonyl (C=O) groups excluding carboxylic acids is 3. The highest BCUT2D eigenvalue weighted by Crippen LogP contribution is 2.35. The molecule has 3 amide bonds. The summed E-state index contributed by atoms with van der Waals surface area (Å²) < 4.78 is 0. The molecule has 2 aromatic rings. The summed E-state index contributed by atoms with van der Waals surface area (Å²) >= 11 is 1.13. The molecule has 0 bridgehead atoms. The van der Waals surface area contributed by atoms with Crippen molar-refractivity contribution in [1.82, 2.24) is 4.98 Å². The summed E-state index contributed by atoms with van der Waals surface area (Å²) in [6.45, 7) is 3.98. The molecule has 1 unspecified atom stereocenters. The van der Waals surface area contributed by atoms with Gasteiger partial charge in [0.1, 0.15) is 11.1 Å². The SMILES string of the molecule is CC(C)c1ccc(C#N)c(SC2CC(=O)N(c3ccc(C(N)=O)cc3)C2=O)n1. The number of aromatic nitrogens is 1. The van der Waals surface area contributed by atoms with E-state index in [1.54, 1.807) is 12.1 Å². The molecule has 28 heavy (non-hydrogen) atoms. The first kappa shape index (κ1) is 19.6. The first-order valence-electron chi connectivity index (χ1n) is 8.66. The Balaban J connectivity index is 1.85. The van der Waals surface area contributed by atoms with Crippen molar-refractivity contribution in [2.75, 3.05) is 4.90 Å². The van der Waals surface area contributed by atoms with Gasteiger partial charge in [0.15, 0.2) is 0 Å². The van der Waals surface area contributed by atoms with Crippen LogP contribution in [-0.4, -0.2) is 28.0 Å². The van der Waals surface area contributed by atoms with Crippen LogP contribution in [0.25, 0.3) is 0 Å². The third-order valence-corrected chi connectivity index (χ3v) is 5.55. The van der Waals surface area contributed by atoms with Crippen LogP contribution in [0, 0.1) is 11.3 Å². The number of nitrogens with zero attached hydrogens (tertiary/aromatic N) is 3. The Morgan fingerprint density at radius 3 is 2.50 bits per heavy atom. The molecule has 0 aliphatic carbocycles. The van der Waals surface area contributed by atoms with Gasteiger partial charge in [-0.2, -0.15) is 5.26 Å². The molecule has 0 radical (unpaired) electrons. The Morgan fingerprint density at radius 2 is 1.93 bits per heavy atom. The maximum atomic E-state index is 12.8. The summed E-state index contributed by atoms with van der Waals surface area (Å²) in [6.07, 6.45) is 0.0134. The standard InChI is InChI=1S/C20H18N4O3S/c1-11(2)15-8-5-13(10-21)19(23-15)28-16-9-17(25)24(20(16)27)14-6-3-12(4-7-14)18(22)26/h3-8,11,16H,9H2,1-2H3,(H2,22,26). The number of carbonyl (C=O) groups is 3. The average Bonchev–Trinajstić information content (AvgIpc) is 2.95. The van der Waals surface area contributed by atoms with Crippen LogP contribution in [0.2, 0.25) is 0 Å².